The summed E-state index contributed by atoms with van der Waals surface area (Å²) in [7, 11) is 0. The molecule has 2 rings (SSSR count). The van der Waals surface area contributed by atoms with E-state index in [1.807, 2.05) is 30.3 Å². The van der Waals surface area contributed by atoms with Crippen LogP contribution < -0.4 is 11.1 Å². The fourth-order valence-electron chi connectivity index (χ4n) is 1.73. The number of hydrogen-bond donors (Lipinski definition) is 2. The van der Waals surface area contributed by atoms with Gasteiger partial charge in [0.25, 0.3) is 0 Å². The number of hydrogen-bond acceptors (Lipinski definition) is 2. The van der Waals surface area contributed by atoms with Crippen LogP contribution in [0.4, 0.5) is 11.4 Å². The first-order chi connectivity index (χ1) is 8.15. The molecule has 0 unspecified atom stereocenters. The van der Waals surface area contributed by atoms with Gasteiger partial charge in [-0.2, -0.15) is 0 Å². The van der Waals surface area contributed by atoms with E-state index in [0.29, 0.717) is 0 Å². The van der Waals surface area contributed by atoms with Crippen molar-refractivity contribution in [2.75, 3.05) is 11.1 Å². The average Bonchev–Trinajstić information content (AvgIpc) is 2.28. The van der Waals surface area contributed by atoms with Crippen molar-refractivity contribution in [1.29, 1.82) is 0 Å². The van der Waals surface area contributed by atoms with E-state index in [1.54, 1.807) is 0 Å². The number of nitrogen functional groups attached to an aromatic ring is 1. The molecular formula is C14H15BrN2. The Morgan fingerprint density at radius 1 is 1.18 bits per heavy atom. The van der Waals surface area contributed by atoms with Crippen molar-refractivity contribution < 1.29 is 0 Å². The summed E-state index contributed by atoms with van der Waals surface area (Å²) in [5.74, 6) is 0. The van der Waals surface area contributed by atoms with Crippen LogP contribution in [0.5, 0.6) is 0 Å². The van der Waals surface area contributed by atoms with E-state index in [-0.39, 0.29) is 0 Å². The van der Waals surface area contributed by atoms with E-state index in [9.17, 15) is 0 Å². The van der Waals surface area contributed by atoms with Crippen LogP contribution in [-0.2, 0) is 6.54 Å². The van der Waals surface area contributed by atoms with Crippen LogP contribution in [0.1, 0.15) is 11.1 Å². The fourth-order valence-corrected chi connectivity index (χ4v) is 2.18. The zero-order valence-corrected chi connectivity index (χ0v) is 11.3. The molecule has 0 aromatic heterocycles. The van der Waals surface area contributed by atoms with Crippen molar-refractivity contribution in [2.45, 2.75) is 13.5 Å². The summed E-state index contributed by atoms with van der Waals surface area (Å²) < 4.78 is 1.10. The third-order valence-electron chi connectivity index (χ3n) is 2.62. The second kappa shape index (κ2) is 5.23. The minimum Gasteiger partial charge on any atom is -0.399 e. The number of benzene rings is 2. The second-order valence-corrected chi connectivity index (χ2v) is 4.97. The highest BCUT2D eigenvalue weighted by Gasteiger charge is 1.99. The summed E-state index contributed by atoms with van der Waals surface area (Å²) in [4.78, 5) is 0. The molecule has 0 amide bonds. The Kier molecular flexibility index (Phi) is 3.69. The largest absolute Gasteiger partial charge is 0.399 e. The predicted octanol–water partition coefficient (Wildman–Crippen LogP) is 3.95. The molecule has 0 bridgehead atoms. The molecule has 2 nitrogen and oxygen atoms in total. The van der Waals surface area contributed by atoms with Crippen LogP contribution in [0.25, 0.3) is 0 Å². The molecule has 0 aliphatic heterocycles. The summed E-state index contributed by atoms with van der Waals surface area (Å²) in [5, 5.41) is 3.41. The molecular weight excluding hydrogens is 276 g/mol. The summed E-state index contributed by atoms with van der Waals surface area (Å²) in [5.41, 5.74) is 10.1. The van der Waals surface area contributed by atoms with Crippen molar-refractivity contribution in [1.82, 2.24) is 0 Å². The Morgan fingerprint density at radius 3 is 2.71 bits per heavy atom. The lowest BCUT2D eigenvalue weighted by molar-refractivity contribution is 1.14. The Bertz CT molecular complexity index is 523. The summed E-state index contributed by atoms with van der Waals surface area (Å²) in [6.07, 6.45) is 0. The minimum atomic E-state index is 0.801. The number of halogens is 1. The van der Waals surface area contributed by atoms with Crippen LogP contribution in [0.15, 0.2) is 46.9 Å². The molecule has 0 fully saturated rings. The quantitative estimate of drug-likeness (QED) is 0.840. The van der Waals surface area contributed by atoms with Gasteiger partial charge >= 0.3 is 0 Å². The number of aryl methyl sites for hydroxylation is 1. The molecule has 3 N–H and O–H groups in total. The van der Waals surface area contributed by atoms with E-state index in [1.165, 1.54) is 11.1 Å². The first-order valence-electron chi connectivity index (χ1n) is 5.49. The van der Waals surface area contributed by atoms with E-state index in [0.717, 1.165) is 22.4 Å². The summed E-state index contributed by atoms with van der Waals surface area (Å²) >= 11 is 3.47. The summed E-state index contributed by atoms with van der Waals surface area (Å²) in [6.45, 7) is 2.86. The molecule has 0 aliphatic rings. The molecule has 0 aliphatic carbocycles. The van der Waals surface area contributed by atoms with E-state index in [4.69, 9.17) is 5.73 Å². The lowest BCUT2D eigenvalue weighted by atomic mass is 10.1. The highest BCUT2D eigenvalue weighted by Crippen LogP contribution is 2.19. The fraction of sp³-hybridized carbons (Fsp3) is 0.143. The number of anilines is 2. The molecule has 3 heteroatoms. The van der Waals surface area contributed by atoms with Crippen LogP contribution in [0.3, 0.4) is 0 Å². The Morgan fingerprint density at radius 2 is 2.00 bits per heavy atom. The van der Waals surface area contributed by atoms with Gasteiger partial charge in [0.2, 0.25) is 0 Å². The predicted molar refractivity (Wildman–Crippen MR) is 77.1 cm³/mol. The van der Waals surface area contributed by atoms with Crippen molar-refractivity contribution >= 4 is 27.3 Å². The molecule has 0 spiro atoms. The van der Waals surface area contributed by atoms with Crippen molar-refractivity contribution in [3.63, 3.8) is 0 Å². The minimum absolute atomic E-state index is 0.801. The monoisotopic (exact) mass is 290 g/mol. The molecule has 88 valence electrons. The summed E-state index contributed by atoms with van der Waals surface area (Å²) in [6, 6.07) is 14.2. The van der Waals surface area contributed by atoms with Crippen molar-refractivity contribution in [3.05, 3.63) is 58.1 Å². The van der Waals surface area contributed by atoms with Gasteiger partial charge in [-0.15, -0.1) is 0 Å². The van der Waals surface area contributed by atoms with Gasteiger partial charge in [0.05, 0.1) is 0 Å². The van der Waals surface area contributed by atoms with Gasteiger partial charge in [-0.1, -0.05) is 28.1 Å². The van der Waals surface area contributed by atoms with Gasteiger partial charge < -0.3 is 11.1 Å². The molecule has 0 radical (unpaired) electrons. The number of nitrogens with two attached hydrogens (primary N) is 1. The first kappa shape index (κ1) is 12.0. The number of rotatable bonds is 3. The average molecular weight is 291 g/mol. The van der Waals surface area contributed by atoms with Gasteiger partial charge in [0.1, 0.15) is 0 Å². The van der Waals surface area contributed by atoms with Gasteiger partial charge in [0.15, 0.2) is 0 Å². The molecule has 2 aromatic carbocycles. The highest BCUT2D eigenvalue weighted by atomic mass is 79.9. The second-order valence-electron chi connectivity index (χ2n) is 4.06. The third kappa shape index (κ3) is 3.24. The molecule has 17 heavy (non-hydrogen) atoms. The van der Waals surface area contributed by atoms with E-state index >= 15 is 0 Å². The maximum absolute atomic E-state index is 5.72. The zero-order valence-electron chi connectivity index (χ0n) is 9.70. The van der Waals surface area contributed by atoms with Gasteiger partial charge in [-0.05, 0) is 48.4 Å². The van der Waals surface area contributed by atoms with Gasteiger partial charge in [-0.3, -0.25) is 0 Å². The first-order valence-corrected chi connectivity index (χ1v) is 6.29. The van der Waals surface area contributed by atoms with Crippen LogP contribution in [0.2, 0.25) is 0 Å². The lowest BCUT2D eigenvalue weighted by Gasteiger charge is -2.10. The van der Waals surface area contributed by atoms with Crippen LogP contribution in [-0.4, -0.2) is 0 Å². The third-order valence-corrected chi connectivity index (χ3v) is 3.12. The smallest absolute Gasteiger partial charge is 0.0401 e. The van der Waals surface area contributed by atoms with Crippen LogP contribution in [0, 0.1) is 6.92 Å². The normalized spacial score (nSPS) is 10.2. The highest BCUT2D eigenvalue weighted by molar-refractivity contribution is 9.10. The molecule has 0 atom stereocenters. The Labute approximate surface area is 110 Å². The van der Waals surface area contributed by atoms with Crippen molar-refractivity contribution in [2.24, 2.45) is 0 Å². The maximum Gasteiger partial charge on any atom is 0.0401 e. The topological polar surface area (TPSA) is 38.0 Å². The Hall–Kier alpha value is -1.48. The van der Waals surface area contributed by atoms with Crippen LogP contribution >= 0.6 is 15.9 Å². The van der Waals surface area contributed by atoms with E-state index < -0.39 is 0 Å². The molecule has 0 saturated carbocycles. The van der Waals surface area contributed by atoms with Gasteiger partial charge in [-0.25, -0.2) is 0 Å². The number of nitrogens with one attached hydrogen (secondary N) is 1. The maximum atomic E-state index is 5.72. The van der Waals surface area contributed by atoms with Gasteiger partial charge in [0, 0.05) is 22.4 Å². The zero-order chi connectivity index (χ0) is 12.3. The van der Waals surface area contributed by atoms with E-state index in [2.05, 4.69) is 40.3 Å². The standard InChI is InChI=1S/C14H15BrN2/c1-10-7-13(16)5-6-14(10)17-9-11-3-2-4-12(15)8-11/h2-8,17H,9,16H2,1H3. The van der Waals surface area contributed by atoms with Crippen molar-refractivity contribution in [3.8, 4) is 0 Å². The molecule has 0 saturated heterocycles. The Balaban J connectivity index is 2.07. The molecule has 0 heterocycles. The molecule has 2 aromatic rings. The SMILES string of the molecule is Cc1cc(N)ccc1NCc1cccc(Br)c1. The lowest BCUT2D eigenvalue weighted by Crippen LogP contribution is -2.01.